The molecule has 7 atom stereocenters. The maximum absolute atomic E-state index is 2.73. The van der Waals surface area contributed by atoms with Crippen LogP contribution in [0.5, 0.6) is 0 Å². The van der Waals surface area contributed by atoms with E-state index in [0.717, 1.165) is 29.6 Å². The molecule has 0 aliphatic heterocycles. The molecule has 0 nitrogen and oxygen atoms in total. The van der Waals surface area contributed by atoms with Crippen LogP contribution in [0, 0.1) is 40.4 Å². The van der Waals surface area contributed by atoms with E-state index in [2.05, 4.69) is 81.4 Å². The van der Waals surface area contributed by atoms with Gasteiger partial charge >= 0.3 is 0 Å². The lowest BCUT2D eigenvalue weighted by Gasteiger charge is -2.60. The Kier molecular flexibility index (Phi) is 6.68. The van der Waals surface area contributed by atoms with Crippen LogP contribution < -0.4 is 0 Å². The molecule has 0 aromatic heterocycles. The van der Waals surface area contributed by atoms with E-state index in [9.17, 15) is 0 Å². The smallest absolute Gasteiger partial charge is 0.0122 e. The van der Waals surface area contributed by atoms with Gasteiger partial charge in [0.15, 0.2) is 0 Å². The Morgan fingerprint density at radius 2 is 1.36 bits per heavy atom. The van der Waals surface area contributed by atoms with Crippen LogP contribution in [-0.4, -0.2) is 0 Å². The molecule has 0 spiro atoms. The average Bonchev–Trinajstić information content (AvgIpc) is 3.25. The first-order chi connectivity index (χ1) is 17.5. The summed E-state index contributed by atoms with van der Waals surface area (Å²) >= 11 is 0. The Morgan fingerprint density at radius 3 is 2.06 bits per heavy atom. The standard InChI is InChI=1S/C36H48/c1-26(34(27-12-6-4-7-13-27)28-14-8-5-9-15-28)17-18-30-20-22-32-31-21-19-29-16-10-11-24-35(29,2)33(31)23-25-36(30,32)3/h4-9,12-15,29-33H,10-11,16-25H2,1-3H3. The lowest BCUT2D eigenvalue weighted by molar-refractivity contribution is -0.111. The van der Waals surface area contributed by atoms with Crippen molar-refractivity contribution in [2.24, 2.45) is 40.4 Å². The van der Waals surface area contributed by atoms with Gasteiger partial charge in [0.25, 0.3) is 0 Å². The minimum atomic E-state index is 0.582. The van der Waals surface area contributed by atoms with Crippen molar-refractivity contribution in [3.8, 4) is 0 Å². The summed E-state index contributed by atoms with van der Waals surface area (Å²) in [5.41, 5.74) is 7.02. The quantitative estimate of drug-likeness (QED) is 0.399. The Labute approximate surface area is 221 Å². The molecule has 4 fully saturated rings. The molecule has 2 aromatic rings. The van der Waals surface area contributed by atoms with Crippen molar-refractivity contribution in [1.29, 1.82) is 0 Å². The molecule has 0 heteroatoms. The summed E-state index contributed by atoms with van der Waals surface area (Å²) in [5.74, 6) is 4.99. The maximum Gasteiger partial charge on any atom is -0.0122 e. The van der Waals surface area contributed by atoms with E-state index in [0.29, 0.717) is 10.8 Å². The third-order valence-corrected chi connectivity index (χ3v) is 12.2. The molecule has 0 saturated heterocycles. The molecule has 0 heterocycles. The molecular formula is C36H48. The molecule has 4 aliphatic carbocycles. The highest BCUT2D eigenvalue weighted by atomic mass is 14.6. The fourth-order valence-corrected chi connectivity index (χ4v) is 10.3. The van der Waals surface area contributed by atoms with E-state index < -0.39 is 0 Å². The molecule has 0 amide bonds. The lowest BCUT2D eigenvalue weighted by atomic mass is 9.45. The Hall–Kier alpha value is -1.82. The van der Waals surface area contributed by atoms with E-state index in [1.165, 1.54) is 87.3 Å². The Morgan fingerprint density at radius 1 is 0.694 bits per heavy atom. The summed E-state index contributed by atoms with van der Waals surface area (Å²) in [5, 5.41) is 0. The van der Waals surface area contributed by atoms with Crippen molar-refractivity contribution in [2.75, 3.05) is 0 Å². The van der Waals surface area contributed by atoms with Crippen molar-refractivity contribution >= 4 is 5.57 Å². The molecule has 0 radical (unpaired) electrons. The van der Waals surface area contributed by atoms with Gasteiger partial charge in [0.05, 0.1) is 0 Å². The summed E-state index contributed by atoms with van der Waals surface area (Å²) in [7, 11) is 0. The Balaban J connectivity index is 1.21. The lowest BCUT2D eigenvalue weighted by Crippen LogP contribution is -2.52. The first-order valence-corrected chi connectivity index (χ1v) is 15.3. The molecule has 4 aliphatic rings. The number of allylic oxidation sites excluding steroid dienone is 1. The molecule has 192 valence electrons. The summed E-state index contributed by atoms with van der Waals surface area (Å²) in [6, 6.07) is 22.2. The Bertz CT molecular complexity index is 1020. The summed E-state index contributed by atoms with van der Waals surface area (Å²) in [4.78, 5) is 0. The van der Waals surface area contributed by atoms with Gasteiger partial charge in [-0.2, -0.15) is 0 Å². The van der Waals surface area contributed by atoms with E-state index in [1.807, 2.05) is 0 Å². The zero-order valence-corrected chi connectivity index (χ0v) is 23.1. The van der Waals surface area contributed by atoms with Gasteiger partial charge in [0.1, 0.15) is 0 Å². The van der Waals surface area contributed by atoms with Gasteiger partial charge in [-0.3, -0.25) is 0 Å². The maximum atomic E-state index is 2.73. The minimum absolute atomic E-state index is 0.582. The predicted octanol–water partition coefficient (Wildman–Crippen LogP) is 10.3. The average molecular weight is 481 g/mol. The van der Waals surface area contributed by atoms with Crippen molar-refractivity contribution in [1.82, 2.24) is 0 Å². The highest BCUT2D eigenvalue weighted by Crippen LogP contribution is 2.68. The van der Waals surface area contributed by atoms with Gasteiger partial charge in [-0.1, -0.05) is 92.9 Å². The second-order valence-electron chi connectivity index (χ2n) is 13.6. The van der Waals surface area contributed by atoms with Crippen LogP contribution in [-0.2, 0) is 0 Å². The number of rotatable bonds is 5. The van der Waals surface area contributed by atoms with Crippen LogP contribution in [0.2, 0.25) is 0 Å². The van der Waals surface area contributed by atoms with Gasteiger partial charge in [0.2, 0.25) is 0 Å². The highest BCUT2D eigenvalue weighted by Gasteiger charge is 2.59. The number of hydrogen-bond donors (Lipinski definition) is 0. The van der Waals surface area contributed by atoms with Gasteiger partial charge in [-0.25, -0.2) is 0 Å². The molecule has 36 heavy (non-hydrogen) atoms. The molecule has 4 saturated carbocycles. The SMILES string of the molecule is CC(CCC1CCC2C3CCC4CCCCC4(C)C3CCC12C)=C(c1ccccc1)c1ccccc1. The highest BCUT2D eigenvalue weighted by molar-refractivity contribution is 5.81. The molecule has 7 unspecified atom stereocenters. The molecule has 0 N–H and O–H groups in total. The van der Waals surface area contributed by atoms with E-state index in [-0.39, 0.29) is 0 Å². The van der Waals surface area contributed by atoms with Crippen LogP contribution >= 0.6 is 0 Å². The van der Waals surface area contributed by atoms with Gasteiger partial charge in [-0.05, 0) is 128 Å². The second-order valence-corrected chi connectivity index (χ2v) is 13.6. The van der Waals surface area contributed by atoms with Crippen molar-refractivity contribution < 1.29 is 0 Å². The predicted molar refractivity (Wildman–Crippen MR) is 154 cm³/mol. The summed E-state index contributed by atoms with van der Waals surface area (Å²) in [6.07, 6.45) is 17.8. The van der Waals surface area contributed by atoms with Crippen LogP contribution in [0.3, 0.4) is 0 Å². The van der Waals surface area contributed by atoms with Crippen LogP contribution in [0.15, 0.2) is 66.2 Å². The van der Waals surface area contributed by atoms with Crippen molar-refractivity contribution in [3.05, 3.63) is 77.4 Å². The van der Waals surface area contributed by atoms with Crippen molar-refractivity contribution in [3.63, 3.8) is 0 Å². The van der Waals surface area contributed by atoms with E-state index in [1.54, 1.807) is 12.0 Å². The first-order valence-electron chi connectivity index (χ1n) is 15.3. The van der Waals surface area contributed by atoms with Crippen molar-refractivity contribution in [2.45, 2.75) is 97.8 Å². The molecular weight excluding hydrogens is 432 g/mol. The first kappa shape index (κ1) is 24.5. The van der Waals surface area contributed by atoms with Crippen LogP contribution in [0.4, 0.5) is 0 Å². The molecule has 2 aromatic carbocycles. The fraction of sp³-hybridized carbons (Fsp3) is 0.611. The summed E-state index contributed by atoms with van der Waals surface area (Å²) < 4.78 is 0. The molecule has 6 rings (SSSR count). The minimum Gasteiger partial charge on any atom is -0.0649 e. The van der Waals surface area contributed by atoms with E-state index >= 15 is 0 Å². The number of benzene rings is 2. The van der Waals surface area contributed by atoms with Crippen LogP contribution in [0.25, 0.3) is 5.57 Å². The van der Waals surface area contributed by atoms with Gasteiger partial charge in [0, 0.05) is 0 Å². The van der Waals surface area contributed by atoms with Gasteiger partial charge < -0.3 is 0 Å². The second kappa shape index (κ2) is 9.81. The summed E-state index contributed by atoms with van der Waals surface area (Å²) in [6.45, 7) is 7.87. The third-order valence-electron chi connectivity index (χ3n) is 12.2. The zero-order chi connectivity index (χ0) is 24.8. The fourth-order valence-electron chi connectivity index (χ4n) is 10.3. The zero-order valence-electron chi connectivity index (χ0n) is 23.1. The van der Waals surface area contributed by atoms with Gasteiger partial charge in [-0.15, -0.1) is 0 Å². The van der Waals surface area contributed by atoms with Crippen LogP contribution in [0.1, 0.15) is 109 Å². The monoisotopic (exact) mass is 480 g/mol. The molecule has 0 bridgehead atoms. The third kappa shape index (κ3) is 4.12. The number of hydrogen-bond acceptors (Lipinski definition) is 0. The van der Waals surface area contributed by atoms with E-state index in [4.69, 9.17) is 0 Å². The largest absolute Gasteiger partial charge is 0.0649 e. The normalized spacial score (nSPS) is 37.5. The topological polar surface area (TPSA) is 0 Å². The number of fused-ring (bicyclic) bond motifs is 5.